The highest BCUT2D eigenvalue weighted by atomic mass is 32.2. The number of unbranched alkanes of at least 4 members (excludes halogenated alkanes) is 3. The van der Waals surface area contributed by atoms with Crippen LogP contribution in [-0.4, -0.2) is 65.9 Å². The Labute approximate surface area is 135 Å². The van der Waals surface area contributed by atoms with Gasteiger partial charge in [-0.05, 0) is 19.8 Å². The number of likely N-dealkylation sites (N-methyl/N-ethyl adjacent to an activating group) is 1. The van der Waals surface area contributed by atoms with E-state index in [4.69, 9.17) is 5.11 Å². The molecule has 0 unspecified atom stereocenters. The lowest BCUT2D eigenvalue weighted by atomic mass is 10.2. The highest BCUT2D eigenvalue weighted by Gasteiger charge is 2.27. The SMILES string of the molecule is C[C@@H](C(=O)O)N(C)S(=O)(=O)CCCCCCN1C(=O)C=CC1=O. The number of amides is 2. The van der Waals surface area contributed by atoms with E-state index < -0.39 is 22.0 Å². The summed E-state index contributed by atoms with van der Waals surface area (Å²) in [6.45, 7) is 1.64. The lowest BCUT2D eigenvalue weighted by Crippen LogP contribution is -2.41. The van der Waals surface area contributed by atoms with Gasteiger partial charge in [0.05, 0.1) is 5.75 Å². The molecule has 2 amide bonds. The molecule has 0 aromatic carbocycles. The average Bonchev–Trinajstić information content (AvgIpc) is 2.80. The third-order valence-electron chi connectivity index (χ3n) is 3.78. The topological polar surface area (TPSA) is 112 Å². The second-order valence-corrected chi connectivity index (χ2v) is 7.57. The Morgan fingerprint density at radius 1 is 1.17 bits per heavy atom. The average molecular weight is 346 g/mol. The fraction of sp³-hybridized carbons (Fsp3) is 0.643. The number of hydrogen-bond donors (Lipinski definition) is 1. The molecular weight excluding hydrogens is 324 g/mol. The van der Waals surface area contributed by atoms with Crippen molar-refractivity contribution in [1.29, 1.82) is 0 Å². The Kier molecular flexibility index (Phi) is 6.89. The summed E-state index contributed by atoms with van der Waals surface area (Å²) >= 11 is 0. The van der Waals surface area contributed by atoms with Gasteiger partial charge < -0.3 is 5.11 Å². The van der Waals surface area contributed by atoms with E-state index in [0.717, 1.165) is 9.21 Å². The zero-order chi connectivity index (χ0) is 17.6. The van der Waals surface area contributed by atoms with Crippen LogP contribution in [0.15, 0.2) is 12.2 Å². The molecule has 8 nitrogen and oxygen atoms in total. The van der Waals surface area contributed by atoms with Crippen molar-refractivity contribution in [3.63, 3.8) is 0 Å². The number of hydrogen-bond acceptors (Lipinski definition) is 5. The van der Waals surface area contributed by atoms with Gasteiger partial charge in [-0.15, -0.1) is 0 Å². The van der Waals surface area contributed by atoms with Crippen LogP contribution in [0.1, 0.15) is 32.6 Å². The summed E-state index contributed by atoms with van der Waals surface area (Å²) in [5.74, 6) is -1.95. The van der Waals surface area contributed by atoms with Gasteiger partial charge in [0.1, 0.15) is 6.04 Å². The van der Waals surface area contributed by atoms with Crippen molar-refractivity contribution in [2.24, 2.45) is 0 Å². The van der Waals surface area contributed by atoms with Crippen LogP contribution in [0, 0.1) is 0 Å². The number of aliphatic carboxylic acids is 1. The van der Waals surface area contributed by atoms with E-state index in [1.165, 1.54) is 26.1 Å². The molecule has 1 aliphatic heterocycles. The largest absolute Gasteiger partial charge is 0.480 e. The zero-order valence-electron chi connectivity index (χ0n) is 13.3. The lowest BCUT2D eigenvalue weighted by Gasteiger charge is -2.20. The maximum Gasteiger partial charge on any atom is 0.321 e. The summed E-state index contributed by atoms with van der Waals surface area (Å²) in [5, 5.41) is 8.83. The van der Waals surface area contributed by atoms with Crippen LogP contribution in [0.4, 0.5) is 0 Å². The van der Waals surface area contributed by atoms with Crippen LogP contribution >= 0.6 is 0 Å². The van der Waals surface area contributed by atoms with Crippen molar-refractivity contribution in [3.8, 4) is 0 Å². The molecule has 0 saturated heterocycles. The first kappa shape index (κ1) is 19.3. The molecule has 1 heterocycles. The number of rotatable bonds is 10. The molecular formula is C14H22N2O6S. The van der Waals surface area contributed by atoms with Crippen LogP contribution in [0.3, 0.4) is 0 Å². The minimum absolute atomic E-state index is 0.121. The Hall–Kier alpha value is -1.74. The van der Waals surface area contributed by atoms with Gasteiger partial charge in [-0.25, -0.2) is 8.42 Å². The summed E-state index contributed by atoms with van der Waals surface area (Å²) in [7, 11) is -2.35. The first-order chi connectivity index (χ1) is 10.7. The minimum atomic E-state index is -3.60. The van der Waals surface area contributed by atoms with Gasteiger partial charge >= 0.3 is 5.97 Å². The van der Waals surface area contributed by atoms with E-state index in [-0.39, 0.29) is 17.6 Å². The Bertz CT molecular complexity index is 580. The summed E-state index contributed by atoms with van der Waals surface area (Å²) in [5.41, 5.74) is 0. The summed E-state index contributed by atoms with van der Waals surface area (Å²) in [6.07, 6.45) is 4.78. The predicted octanol–water partition coefficient (Wildman–Crippen LogP) is 0.206. The van der Waals surface area contributed by atoms with Gasteiger partial charge in [0.2, 0.25) is 10.0 Å². The highest BCUT2D eigenvalue weighted by molar-refractivity contribution is 7.89. The molecule has 0 fully saturated rings. The van der Waals surface area contributed by atoms with Crippen LogP contribution < -0.4 is 0 Å². The van der Waals surface area contributed by atoms with Crippen molar-refractivity contribution in [1.82, 2.24) is 9.21 Å². The van der Waals surface area contributed by atoms with Crippen molar-refractivity contribution in [3.05, 3.63) is 12.2 Å². The summed E-state index contributed by atoms with van der Waals surface area (Å²) < 4.78 is 24.8. The molecule has 0 bridgehead atoms. The van der Waals surface area contributed by atoms with E-state index in [2.05, 4.69) is 0 Å². The van der Waals surface area contributed by atoms with E-state index >= 15 is 0 Å². The van der Waals surface area contributed by atoms with Crippen LogP contribution in [-0.2, 0) is 24.4 Å². The number of carbonyl (C=O) groups is 3. The van der Waals surface area contributed by atoms with E-state index in [1.54, 1.807) is 0 Å². The molecule has 0 spiro atoms. The number of nitrogens with zero attached hydrogens (tertiary/aromatic N) is 2. The minimum Gasteiger partial charge on any atom is -0.480 e. The monoisotopic (exact) mass is 346 g/mol. The maximum absolute atomic E-state index is 12.0. The maximum atomic E-state index is 12.0. The van der Waals surface area contributed by atoms with Gasteiger partial charge in [0.25, 0.3) is 11.8 Å². The molecule has 1 N–H and O–H groups in total. The van der Waals surface area contributed by atoms with Gasteiger partial charge in [0.15, 0.2) is 0 Å². The summed E-state index contributed by atoms with van der Waals surface area (Å²) in [4.78, 5) is 34.6. The molecule has 0 aliphatic carbocycles. The first-order valence-corrected chi connectivity index (χ1v) is 9.00. The molecule has 0 radical (unpaired) electrons. The molecule has 1 rings (SSSR count). The van der Waals surface area contributed by atoms with Crippen molar-refractivity contribution >= 4 is 27.8 Å². The Morgan fingerprint density at radius 3 is 2.22 bits per heavy atom. The molecule has 9 heteroatoms. The lowest BCUT2D eigenvalue weighted by molar-refractivity contribution is -0.140. The fourth-order valence-electron chi connectivity index (χ4n) is 2.10. The predicted molar refractivity (Wildman–Crippen MR) is 83.0 cm³/mol. The fourth-order valence-corrected chi connectivity index (χ4v) is 3.53. The molecule has 1 atom stereocenters. The number of carboxylic acids is 1. The van der Waals surface area contributed by atoms with E-state index in [0.29, 0.717) is 32.2 Å². The van der Waals surface area contributed by atoms with Crippen molar-refractivity contribution in [2.45, 2.75) is 38.6 Å². The second-order valence-electron chi connectivity index (χ2n) is 5.42. The number of imide groups is 1. The Morgan fingerprint density at radius 2 is 1.70 bits per heavy atom. The standard InChI is InChI=1S/C14H22N2O6S/c1-11(14(19)20)15(2)23(21,22)10-6-4-3-5-9-16-12(17)7-8-13(16)18/h7-8,11H,3-6,9-10H2,1-2H3,(H,19,20)/t11-/m0/s1. The molecule has 1 aliphatic rings. The second kappa shape index (κ2) is 8.21. The molecule has 130 valence electrons. The first-order valence-electron chi connectivity index (χ1n) is 7.39. The smallest absolute Gasteiger partial charge is 0.321 e. The van der Waals surface area contributed by atoms with Gasteiger partial charge in [0, 0.05) is 25.7 Å². The number of carboxylic acid groups (broad SMARTS) is 1. The number of carbonyl (C=O) groups excluding carboxylic acids is 2. The molecule has 0 aromatic rings. The third-order valence-corrected chi connectivity index (χ3v) is 5.77. The number of sulfonamides is 1. The van der Waals surface area contributed by atoms with Crippen LogP contribution in [0.25, 0.3) is 0 Å². The zero-order valence-corrected chi connectivity index (χ0v) is 14.1. The Balaban J connectivity index is 2.25. The van der Waals surface area contributed by atoms with Gasteiger partial charge in [-0.3, -0.25) is 19.3 Å². The molecule has 0 saturated carbocycles. The third kappa shape index (κ3) is 5.43. The normalized spacial score (nSPS) is 16.4. The van der Waals surface area contributed by atoms with Crippen molar-refractivity contribution in [2.75, 3.05) is 19.3 Å². The van der Waals surface area contributed by atoms with Crippen molar-refractivity contribution < 1.29 is 27.9 Å². The van der Waals surface area contributed by atoms with Gasteiger partial charge in [-0.2, -0.15) is 4.31 Å². The van der Waals surface area contributed by atoms with E-state index in [9.17, 15) is 22.8 Å². The van der Waals surface area contributed by atoms with Crippen LogP contribution in [0.5, 0.6) is 0 Å². The van der Waals surface area contributed by atoms with E-state index in [1.807, 2.05) is 0 Å². The summed E-state index contributed by atoms with van der Waals surface area (Å²) in [6, 6.07) is -1.10. The highest BCUT2D eigenvalue weighted by Crippen LogP contribution is 2.11. The quantitative estimate of drug-likeness (QED) is 0.447. The van der Waals surface area contributed by atoms with Crippen LogP contribution in [0.2, 0.25) is 0 Å². The molecule has 0 aromatic heterocycles. The molecule has 23 heavy (non-hydrogen) atoms. The van der Waals surface area contributed by atoms with Gasteiger partial charge in [-0.1, -0.05) is 12.8 Å².